The molecule has 1 aliphatic carbocycles. The molecule has 0 saturated carbocycles. The van der Waals surface area contributed by atoms with Crippen LogP contribution in [-0.4, -0.2) is 10.1 Å². The molecular weight excluding hydrogens is 178 g/mol. The highest BCUT2D eigenvalue weighted by atomic mass is 16.3. The molecule has 0 atom stereocenters. The third-order valence-electron chi connectivity index (χ3n) is 2.22. The summed E-state index contributed by atoms with van der Waals surface area (Å²) >= 11 is 0. The van der Waals surface area contributed by atoms with E-state index in [1.807, 2.05) is 18.2 Å². The molecule has 0 unspecified atom stereocenters. The molecular formula is C11H11NO2. The third-order valence-corrected chi connectivity index (χ3v) is 2.22. The van der Waals surface area contributed by atoms with Crippen LogP contribution < -0.4 is 5.56 Å². The second-order valence-electron chi connectivity index (χ2n) is 3.21. The lowest BCUT2D eigenvalue weighted by Crippen LogP contribution is -2.10. The van der Waals surface area contributed by atoms with Crippen molar-refractivity contribution in [1.82, 2.24) is 4.98 Å². The molecule has 1 aromatic heterocycles. The number of aromatic nitrogens is 1. The summed E-state index contributed by atoms with van der Waals surface area (Å²) in [7, 11) is 0. The van der Waals surface area contributed by atoms with Crippen LogP contribution in [0.1, 0.15) is 18.4 Å². The summed E-state index contributed by atoms with van der Waals surface area (Å²) < 4.78 is 0. The fraction of sp³-hybridized carbons (Fsp3) is 0.182. The minimum Gasteiger partial charge on any atom is -0.507 e. The number of nitrogens with one attached hydrogen (secondary N) is 1. The second-order valence-corrected chi connectivity index (χ2v) is 3.21. The molecule has 14 heavy (non-hydrogen) atoms. The first-order valence-electron chi connectivity index (χ1n) is 4.57. The summed E-state index contributed by atoms with van der Waals surface area (Å²) in [5.74, 6) is 0.0338. The van der Waals surface area contributed by atoms with E-state index in [1.165, 1.54) is 12.3 Å². The summed E-state index contributed by atoms with van der Waals surface area (Å²) in [6, 6.07) is 1.49. The zero-order valence-electron chi connectivity index (χ0n) is 7.66. The van der Waals surface area contributed by atoms with Gasteiger partial charge < -0.3 is 10.1 Å². The standard InChI is InChI=1S/C11H11NO2/c13-9-6-7-12-11(14)10(9)8-4-2-1-3-5-8/h2,4-7H,1,3H2,(H2,12,13,14). The average Bonchev–Trinajstić information content (AvgIpc) is 2.19. The monoisotopic (exact) mass is 189 g/mol. The largest absolute Gasteiger partial charge is 0.507 e. The van der Waals surface area contributed by atoms with Crippen LogP contribution in [0.2, 0.25) is 0 Å². The molecule has 0 spiro atoms. The SMILES string of the molecule is O=c1[nH]ccc(O)c1C1=CCCC=C1. The van der Waals surface area contributed by atoms with Crippen LogP contribution in [0.15, 0.2) is 35.3 Å². The van der Waals surface area contributed by atoms with Gasteiger partial charge in [0.25, 0.3) is 5.56 Å². The Morgan fingerprint density at radius 3 is 2.86 bits per heavy atom. The normalized spacial score (nSPS) is 15.3. The molecule has 3 nitrogen and oxygen atoms in total. The molecule has 0 saturated heterocycles. The van der Waals surface area contributed by atoms with E-state index < -0.39 is 0 Å². The van der Waals surface area contributed by atoms with Gasteiger partial charge in [-0.25, -0.2) is 0 Å². The van der Waals surface area contributed by atoms with E-state index in [-0.39, 0.29) is 11.3 Å². The zero-order valence-corrected chi connectivity index (χ0v) is 7.66. The van der Waals surface area contributed by atoms with Crippen LogP contribution >= 0.6 is 0 Å². The van der Waals surface area contributed by atoms with Crippen molar-refractivity contribution in [3.8, 4) is 5.75 Å². The van der Waals surface area contributed by atoms with E-state index in [0.717, 1.165) is 18.4 Å². The Balaban J connectivity index is 2.56. The maximum absolute atomic E-state index is 11.4. The first-order valence-corrected chi connectivity index (χ1v) is 4.57. The van der Waals surface area contributed by atoms with Gasteiger partial charge in [-0.15, -0.1) is 0 Å². The van der Waals surface area contributed by atoms with Crippen molar-refractivity contribution in [2.45, 2.75) is 12.8 Å². The van der Waals surface area contributed by atoms with Gasteiger partial charge in [0.05, 0.1) is 5.56 Å². The van der Waals surface area contributed by atoms with Crippen molar-refractivity contribution < 1.29 is 5.11 Å². The first-order chi connectivity index (χ1) is 6.79. The maximum atomic E-state index is 11.4. The molecule has 0 aliphatic heterocycles. The number of rotatable bonds is 1. The van der Waals surface area contributed by atoms with Crippen LogP contribution in [0.25, 0.3) is 5.57 Å². The molecule has 3 heteroatoms. The Hall–Kier alpha value is -1.77. The summed E-state index contributed by atoms with van der Waals surface area (Å²) in [5, 5.41) is 9.55. The van der Waals surface area contributed by atoms with Gasteiger partial charge in [-0.1, -0.05) is 18.2 Å². The second kappa shape index (κ2) is 3.54. The topological polar surface area (TPSA) is 53.1 Å². The van der Waals surface area contributed by atoms with Crippen LogP contribution in [0, 0.1) is 0 Å². The average molecular weight is 189 g/mol. The van der Waals surface area contributed by atoms with Gasteiger partial charge in [-0.2, -0.15) is 0 Å². The lowest BCUT2D eigenvalue weighted by atomic mass is 10.0. The third kappa shape index (κ3) is 1.48. The van der Waals surface area contributed by atoms with Gasteiger partial charge in [0.1, 0.15) is 5.75 Å². The maximum Gasteiger partial charge on any atom is 0.259 e. The molecule has 1 heterocycles. The number of allylic oxidation sites excluding steroid dienone is 4. The number of H-pyrrole nitrogens is 1. The van der Waals surface area contributed by atoms with E-state index in [0.29, 0.717) is 5.56 Å². The smallest absolute Gasteiger partial charge is 0.259 e. The van der Waals surface area contributed by atoms with E-state index in [1.54, 1.807) is 0 Å². The van der Waals surface area contributed by atoms with Crippen LogP contribution in [0.3, 0.4) is 0 Å². The van der Waals surface area contributed by atoms with Crippen LogP contribution in [0.4, 0.5) is 0 Å². The Bertz CT molecular complexity index is 455. The predicted molar refractivity (Wildman–Crippen MR) is 55.1 cm³/mol. The molecule has 1 aromatic rings. The van der Waals surface area contributed by atoms with Crippen LogP contribution in [0.5, 0.6) is 5.75 Å². The number of hydrogen-bond donors (Lipinski definition) is 2. The van der Waals surface area contributed by atoms with Gasteiger partial charge in [-0.3, -0.25) is 4.79 Å². The highest BCUT2D eigenvalue weighted by Crippen LogP contribution is 2.24. The number of aromatic amines is 1. The minimum absolute atomic E-state index is 0.0338. The summed E-state index contributed by atoms with van der Waals surface area (Å²) in [6.07, 6.45) is 9.18. The predicted octanol–water partition coefficient (Wildman–Crippen LogP) is 1.81. The fourth-order valence-electron chi connectivity index (χ4n) is 1.55. The van der Waals surface area contributed by atoms with E-state index in [2.05, 4.69) is 4.98 Å². The molecule has 0 fully saturated rings. The summed E-state index contributed by atoms with van der Waals surface area (Å²) in [6.45, 7) is 0. The van der Waals surface area contributed by atoms with Gasteiger partial charge in [-0.05, 0) is 24.5 Å². The number of aromatic hydroxyl groups is 1. The Labute approximate surface area is 81.4 Å². The summed E-state index contributed by atoms with van der Waals surface area (Å²) in [5.41, 5.74) is 0.918. The molecule has 0 bridgehead atoms. The van der Waals surface area contributed by atoms with Crippen molar-refractivity contribution in [3.05, 3.63) is 46.4 Å². The van der Waals surface area contributed by atoms with Crippen molar-refractivity contribution in [1.29, 1.82) is 0 Å². The van der Waals surface area contributed by atoms with Crippen molar-refractivity contribution in [3.63, 3.8) is 0 Å². The highest BCUT2D eigenvalue weighted by molar-refractivity contribution is 5.77. The van der Waals surface area contributed by atoms with Crippen molar-refractivity contribution in [2.24, 2.45) is 0 Å². The minimum atomic E-state index is -0.247. The zero-order chi connectivity index (χ0) is 9.97. The number of pyridine rings is 1. The van der Waals surface area contributed by atoms with Gasteiger partial charge in [0.15, 0.2) is 0 Å². The fourth-order valence-corrected chi connectivity index (χ4v) is 1.55. The van der Waals surface area contributed by atoms with E-state index in [4.69, 9.17) is 0 Å². The van der Waals surface area contributed by atoms with E-state index in [9.17, 15) is 9.90 Å². The van der Waals surface area contributed by atoms with Crippen molar-refractivity contribution in [2.75, 3.05) is 0 Å². The molecule has 2 N–H and O–H groups in total. The van der Waals surface area contributed by atoms with Crippen LogP contribution in [-0.2, 0) is 0 Å². The van der Waals surface area contributed by atoms with Gasteiger partial charge in [0, 0.05) is 6.20 Å². The molecule has 0 radical (unpaired) electrons. The molecule has 2 rings (SSSR count). The lowest BCUT2D eigenvalue weighted by molar-refractivity contribution is 0.472. The van der Waals surface area contributed by atoms with Crippen molar-refractivity contribution >= 4 is 5.57 Å². The quantitative estimate of drug-likeness (QED) is 0.707. The number of hydrogen-bond acceptors (Lipinski definition) is 2. The molecule has 0 aromatic carbocycles. The Morgan fingerprint density at radius 2 is 2.21 bits per heavy atom. The van der Waals surface area contributed by atoms with Gasteiger partial charge in [0.2, 0.25) is 0 Å². The summed E-state index contributed by atoms with van der Waals surface area (Å²) in [4.78, 5) is 14.0. The van der Waals surface area contributed by atoms with Gasteiger partial charge >= 0.3 is 0 Å². The Morgan fingerprint density at radius 1 is 1.36 bits per heavy atom. The first kappa shape index (κ1) is 8.81. The Kier molecular flexibility index (Phi) is 2.23. The molecule has 72 valence electrons. The highest BCUT2D eigenvalue weighted by Gasteiger charge is 2.10. The van der Waals surface area contributed by atoms with E-state index >= 15 is 0 Å². The molecule has 0 amide bonds. The molecule has 1 aliphatic rings. The lowest BCUT2D eigenvalue weighted by Gasteiger charge is -2.07.